The van der Waals surface area contributed by atoms with E-state index >= 15 is 0 Å². The summed E-state index contributed by atoms with van der Waals surface area (Å²) in [6.07, 6.45) is -1.09. The summed E-state index contributed by atoms with van der Waals surface area (Å²) in [5.41, 5.74) is 6.40. The molecule has 71 heavy (non-hydrogen) atoms. The van der Waals surface area contributed by atoms with Crippen molar-refractivity contribution in [2.45, 2.75) is 42.8 Å². The molecule has 1 aliphatic rings. The Morgan fingerprint density at radius 3 is 2.24 bits per heavy atom. The lowest BCUT2D eigenvalue weighted by atomic mass is 10.0. The highest BCUT2D eigenvalue weighted by Crippen LogP contribution is 2.16. The van der Waals surface area contributed by atoms with E-state index < -0.39 is 106 Å². The number of carbonyl (C=O) groups excluding carboxylic acids is 7. The highest BCUT2D eigenvalue weighted by molar-refractivity contribution is 7.86. The van der Waals surface area contributed by atoms with Gasteiger partial charge >= 0.3 is 18.1 Å². The van der Waals surface area contributed by atoms with Crippen molar-refractivity contribution < 1.29 is 74.7 Å². The molecule has 376 valence electrons. The van der Waals surface area contributed by atoms with Crippen LogP contribution in [0.2, 0.25) is 0 Å². The van der Waals surface area contributed by atoms with E-state index in [0.717, 1.165) is 12.3 Å². The average Bonchev–Trinajstić information content (AvgIpc) is 3.30. The van der Waals surface area contributed by atoms with Crippen LogP contribution in [0, 0.1) is 0 Å². The zero-order valence-electron chi connectivity index (χ0n) is 36.6. The molecule has 2 aromatic carbocycles. The Morgan fingerprint density at radius 1 is 0.887 bits per heavy atom. The van der Waals surface area contributed by atoms with Crippen molar-refractivity contribution in [1.82, 2.24) is 42.2 Å². The Morgan fingerprint density at radius 2 is 1.58 bits per heavy atom. The van der Waals surface area contributed by atoms with Gasteiger partial charge in [0.25, 0.3) is 33.7 Å². The van der Waals surface area contributed by atoms with Gasteiger partial charge in [-0.05, 0) is 55.2 Å². The van der Waals surface area contributed by atoms with E-state index in [-0.39, 0.29) is 59.8 Å². The lowest BCUT2D eigenvalue weighted by Crippen LogP contribution is -2.51. The van der Waals surface area contributed by atoms with Crippen molar-refractivity contribution in [2.75, 3.05) is 25.1 Å². The molecule has 1 aliphatic heterocycles. The van der Waals surface area contributed by atoms with Crippen LogP contribution >= 0.6 is 0 Å². The zero-order valence-corrected chi connectivity index (χ0v) is 37.4. The van der Waals surface area contributed by atoms with E-state index in [1.54, 1.807) is 0 Å². The number of pyridine rings is 1. The largest absolute Gasteiger partial charge is 0.508 e. The molecule has 25 nitrogen and oxygen atoms in total. The number of alkyl halides is 3. The first-order valence-electron chi connectivity index (χ1n) is 20.4. The quantitative estimate of drug-likeness (QED) is 0.0224. The van der Waals surface area contributed by atoms with E-state index in [1.165, 1.54) is 78.3 Å². The number of phenols is 1. The summed E-state index contributed by atoms with van der Waals surface area (Å²) in [5, 5.41) is 38.2. The molecule has 3 aromatic rings. The van der Waals surface area contributed by atoms with Crippen molar-refractivity contribution in [1.29, 1.82) is 0 Å². The van der Waals surface area contributed by atoms with Crippen LogP contribution < -0.4 is 48.4 Å². The predicted molar refractivity (Wildman–Crippen MR) is 242 cm³/mol. The summed E-state index contributed by atoms with van der Waals surface area (Å²) in [5.74, 6) is -11.5. The molecule has 1 saturated heterocycles. The third kappa shape index (κ3) is 18.2. The van der Waals surface area contributed by atoms with Gasteiger partial charge in [0.2, 0.25) is 11.8 Å². The predicted octanol–water partition coefficient (Wildman–Crippen LogP) is -0.685. The monoisotopic (exact) mass is 1010 g/mol. The number of unbranched alkanes of at least 4 members (excludes halogenated alkanes) is 1. The summed E-state index contributed by atoms with van der Waals surface area (Å²) < 4.78 is 70.6. The van der Waals surface area contributed by atoms with Crippen LogP contribution in [-0.2, 0) is 50.1 Å². The fourth-order valence-electron chi connectivity index (χ4n) is 5.71. The Balaban J connectivity index is 1.56. The molecule has 7 amide bonds. The molecule has 2 heterocycles. The van der Waals surface area contributed by atoms with Crippen molar-refractivity contribution >= 4 is 75.4 Å². The van der Waals surface area contributed by atoms with Crippen molar-refractivity contribution in [3.05, 3.63) is 119 Å². The van der Waals surface area contributed by atoms with Gasteiger partial charge in [0.1, 0.15) is 39.6 Å². The normalized spacial score (nSPS) is 17.3. The molecule has 0 radical (unpaired) electrons. The average molecular weight is 1010 g/mol. The van der Waals surface area contributed by atoms with E-state index in [4.69, 9.17) is 5.73 Å². The first kappa shape index (κ1) is 54.6. The number of nitrogens with two attached hydrogens (primary N) is 1. The number of benzene rings is 2. The van der Waals surface area contributed by atoms with Crippen LogP contribution in [0.4, 0.5) is 19.0 Å². The number of phenolic OH excluding ortho intramolecular Hbond substituents is 1. The molecule has 0 unspecified atom stereocenters. The zero-order chi connectivity index (χ0) is 52.3. The first-order valence-corrected chi connectivity index (χ1v) is 21.9. The number of hydrogen-bond acceptors (Lipinski definition) is 15. The number of carboxylic acid groups (broad SMARTS) is 1. The molecule has 29 heteroatoms. The fraction of sp³-hybridized carbons (Fsp3) is 0.214. The van der Waals surface area contributed by atoms with Crippen LogP contribution in [0.3, 0.4) is 0 Å². The number of carbonyl (C=O) groups is 8. The Labute approximate surface area is 399 Å². The van der Waals surface area contributed by atoms with E-state index in [9.17, 15) is 74.7 Å². The highest BCUT2D eigenvalue weighted by Gasteiger charge is 2.39. The molecule has 0 bridgehead atoms. The standard InChI is InChI=1S/C42H43F3N12O13S/c43-42(44,45)40(67)56-41(46)48-17-5-8-27-36(63)50-22-33(59)52-30(19-34(60)61)39(66)55-29(18-23-10-13-26(58)14-11-23)38(65)54-28(37(64)53-27)7-3-4-16-47-35(62)25-12-15-32(49-20-25)57-51-21-24-6-1-2-9-31(24)71(68,69)70/h1-2,6-15,19-21,29,58H,3-5,16-18,22H2,(H,47,62)(H,49,57)(H,50,63)(H,52,59)(H,53,64)(H,54,65)(H,55,66)(H,60,61)(H,68,69,70)(H3,46,48,56,67)/b27-8-,28-7-,30-19+,51-21+/t29-/m1/s1. The minimum absolute atomic E-state index is 0.0322. The number of halogens is 3. The second-order valence-corrected chi connectivity index (χ2v) is 15.8. The Kier molecular flexibility index (Phi) is 19.5. The molecule has 4 rings (SSSR count). The van der Waals surface area contributed by atoms with Crippen LogP contribution in [-0.4, -0.2) is 120 Å². The molecule has 0 saturated carbocycles. The molecule has 1 aromatic heterocycles. The molecular formula is C42H43F3N12O13S. The number of aliphatic carboxylic acids is 1. The smallest absolute Gasteiger partial charge is 0.471 e. The lowest BCUT2D eigenvalue weighted by molar-refractivity contribution is -0.171. The van der Waals surface area contributed by atoms with Gasteiger partial charge in [-0.2, -0.15) is 26.7 Å². The minimum Gasteiger partial charge on any atom is -0.508 e. The maximum Gasteiger partial charge on any atom is 0.471 e. The van der Waals surface area contributed by atoms with Crippen LogP contribution in [0.15, 0.2) is 117 Å². The molecule has 13 N–H and O–H groups in total. The third-order valence-electron chi connectivity index (χ3n) is 9.07. The van der Waals surface area contributed by atoms with Gasteiger partial charge in [-0.25, -0.2) is 9.78 Å². The summed E-state index contributed by atoms with van der Waals surface area (Å²) in [7, 11) is -4.52. The summed E-state index contributed by atoms with van der Waals surface area (Å²) in [4.78, 5) is 110. The van der Waals surface area contributed by atoms with Gasteiger partial charge in [0, 0.05) is 31.3 Å². The number of amides is 7. The van der Waals surface area contributed by atoms with Crippen molar-refractivity contribution in [2.24, 2.45) is 15.8 Å². The Bertz CT molecular complexity index is 2800. The van der Waals surface area contributed by atoms with E-state index in [0.29, 0.717) is 11.6 Å². The fourth-order valence-corrected chi connectivity index (χ4v) is 6.38. The third-order valence-corrected chi connectivity index (χ3v) is 10.00. The van der Waals surface area contributed by atoms with Crippen LogP contribution in [0.5, 0.6) is 5.75 Å². The topological polar surface area (TPSA) is 391 Å². The minimum atomic E-state index is -5.28. The Hall–Kier alpha value is -8.99. The maximum absolute atomic E-state index is 14.0. The van der Waals surface area contributed by atoms with Crippen molar-refractivity contribution in [3.8, 4) is 5.75 Å². The second-order valence-electron chi connectivity index (χ2n) is 14.4. The number of hydrazone groups is 1. The number of anilines is 1. The SMILES string of the molecule is NC(=NCC/C=C1\NC(=O)/C(=C/CCCNC(=O)c2ccc(N/N=C/c3ccccc3S(=O)(=O)O)nc2)NC(=O)[C@@H](Cc2ccc(O)cc2)NC(=O)/C(=C\C(=O)O)NC(=O)CNC1=O)NC(=O)C(F)(F)F. The molecular weight excluding hydrogens is 970 g/mol. The van der Waals surface area contributed by atoms with Gasteiger partial charge in [0.15, 0.2) is 5.96 Å². The molecule has 0 spiro atoms. The van der Waals surface area contributed by atoms with E-state index in [2.05, 4.69) is 47.1 Å². The summed E-state index contributed by atoms with van der Waals surface area (Å²) in [6, 6.07) is 12.0. The second kappa shape index (κ2) is 25.4. The molecule has 1 atom stereocenters. The summed E-state index contributed by atoms with van der Waals surface area (Å²) >= 11 is 0. The molecule has 1 fully saturated rings. The van der Waals surface area contributed by atoms with Gasteiger partial charge in [-0.3, -0.25) is 53.8 Å². The van der Waals surface area contributed by atoms with Gasteiger partial charge < -0.3 is 47.8 Å². The number of aliphatic imine (C=N–C) groups is 1. The summed E-state index contributed by atoms with van der Waals surface area (Å²) in [6.45, 7) is -1.44. The first-order chi connectivity index (χ1) is 33.5. The number of nitrogens with one attached hydrogen (secondary N) is 8. The van der Waals surface area contributed by atoms with Gasteiger partial charge in [-0.1, -0.05) is 42.5 Å². The number of guanidine groups is 1. The number of aromatic nitrogens is 1. The van der Waals surface area contributed by atoms with Crippen LogP contribution in [0.1, 0.15) is 40.7 Å². The number of nitrogens with zero attached hydrogens (tertiary/aromatic N) is 3. The molecule has 0 aliphatic carbocycles. The highest BCUT2D eigenvalue weighted by atomic mass is 32.2. The number of allylic oxidation sites excluding steroid dienone is 1. The number of aromatic hydroxyl groups is 1. The lowest BCUT2D eigenvalue weighted by Gasteiger charge is -2.20. The van der Waals surface area contributed by atoms with Gasteiger partial charge in [-0.15, -0.1) is 0 Å². The van der Waals surface area contributed by atoms with Crippen LogP contribution in [0.25, 0.3) is 0 Å². The number of rotatable bonds is 15. The number of hydrogen-bond donors (Lipinski definition) is 12. The van der Waals surface area contributed by atoms with Crippen molar-refractivity contribution in [3.63, 3.8) is 0 Å². The van der Waals surface area contributed by atoms with Gasteiger partial charge in [0.05, 0.1) is 24.4 Å². The maximum atomic E-state index is 14.0. The number of carboxylic acids is 1. The van der Waals surface area contributed by atoms with E-state index in [1.807, 2.05) is 5.32 Å².